The van der Waals surface area contributed by atoms with Crippen molar-refractivity contribution in [3.8, 4) is 5.75 Å². The zero-order chi connectivity index (χ0) is 28.7. The molecule has 5 rings (SSSR count). The number of hydrogen-bond acceptors (Lipinski definition) is 7. The predicted molar refractivity (Wildman–Crippen MR) is 151 cm³/mol. The number of esters is 1. The van der Waals surface area contributed by atoms with Crippen molar-refractivity contribution in [2.45, 2.75) is 77.4 Å². The van der Waals surface area contributed by atoms with Gasteiger partial charge in [0.15, 0.2) is 6.61 Å². The number of allylic oxidation sites excluding steroid dienone is 4. The van der Waals surface area contributed by atoms with Crippen molar-refractivity contribution in [3.05, 3.63) is 53.6 Å². The summed E-state index contributed by atoms with van der Waals surface area (Å²) in [5.74, 6) is 0.809. The van der Waals surface area contributed by atoms with Crippen molar-refractivity contribution >= 4 is 17.6 Å². The first kappa shape index (κ1) is 28.4. The number of ether oxygens (including phenoxy) is 1. The zero-order valence-corrected chi connectivity index (χ0v) is 24.0. The van der Waals surface area contributed by atoms with Crippen molar-refractivity contribution in [2.75, 3.05) is 13.7 Å². The van der Waals surface area contributed by atoms with Gasteiger partial charge in [-0.15, -0.1) is 0 Å². The Hall–Kier alpha value is -3.13. The van der Waals surface area contributed by atoms with Crippen LogP contribution >= 0.6 is 0 Å². The highest BCUT2D eigenvalue weighted by molar-refractivity contribution is 6.05. The minimum absolute atomic E-state index is 0.00207. The molecule has 0 bridgehead atoms. The summed E-state index contributed by atoms with van der Waals surface area (Å²) in [5.41, 5.74) is 2.20. The van der Waals surface area contributed by atoms with E-state index in [1.165, 1.54) is 24.8 Å². The van der Waals surface area contributed by atoms with Crippen molar-refractivity contribution in [1.82, 2.24) is 5.32 Å². The van der Waals surface area contributed by atoms with E-state index in [9.17, 15) is 19.8 Å². The lowest BCUT2D eigenvalue weighted by Crippen LogP contribution is -2.53. The van der Waals surface area contributed by atoms with E-state index < -0.39 is 23.5 Å². The van der Waals surface area contributed by atoms with Crippen LogP contribution in [0.25, 0.3) is 0 Å². The Kier molecular flexibility index (Phi) is 7.59. The molecule has 8 nitrogen and oxygen atoms in total. The summed E-state index contributed by atoms with van der Waals surface area (Å²) in [5, 5.41) is 27.5. The van der Waals surface area contributed by atoms with E-state index in [1.807, 2.05) is 13.0 Å². The van der Waals surface area contributed by atoms with Crippen molar-refractivity contribution in [1.29, 1.82) is 0 Å². The maximum Gasteiger partial charge on any atom is 0.328 e. The summed E-state index contributed by atoms with van der Waals surface area (Å²) in [6.07, 6.45) is 12.9. The first-order chi connectivity index (χ1) is 19.0. The van der Waals surface area contributed by atoms with Gasteiger partial charge in [-0.25, -0.2) is 4.79 Å². The van der Waals surface area contributed by atoms with E-state index in [0.717, 1.165) is 44.1 Å². The van der Waals surface area contributed by atoms with Gasteiger partial charge >= 0.3 is 5.97 Å². The number of benzene rings is 1. The third kappa shape index (κ3) is 5.06. The highest BCUT2D eigenvalue weighted by Crippen LogP contribution is 2.66. The van der Waals surface area contributed by atoms with Crippen molar-refractivity contribution in [2.24, 2.45) is 33.7 Å². The summed E-state index contributed by atoms with van der Waals surface area (Å²) in [7, 11) is 1.27. The van der Waals surface area contributed by atoms with Gasteiger partial charge in [0, 0.05) is 11.8 Å². The number of phenolic OH excluding ortho intramolecular Hbond substituents is 1. The molecule has 3 N–H and O–H groups in total. The van der Waals surface area contributed by atoms with Crippen LogP contribution in [-0.2, 0) is 25.6 Å². The topological polar surface area (TPSA) is 117 Å². The quantitative estimate of drug-likeness (QED) is 0.341. The molecule has 0 heterocycles. The largest absolute Gasteiger partial charge is 0.508 e. The minimum atomic E-state index is -0.883. The monoisotopic (exact) mass is 550 g/mol. The van der Waals surface area contributed by atoms with Crippen LogP contribution in [0, 0.1) is 28.6 Å². The second-order valence-electron chi connectivity index (χ2n) is 12.8. The normalized spacial score (nSPS) is 36.1. The maximum atomic E-state index is 12.6. The third-order valence-electron chi connectivity index (χ3n) is 10.7. The van der Waals surface area contributed by atoms with Gasteiger partial charge in [-0.1, -0.05) is 42.8 Å². The van der Waals surface area contributed by atoms with Gasteiger partial charge in [-0.05, 0) is 98.5 Å². The summed E-state index contributed by atoms with van der Waals surface area (Å²) in [4.78, 5) is 30.2. The number of rotatable bonds is 7. The molecule has 7 atom stereocenters. The fourth-order valence-electron chi connectivity index (χ4n) is 8.11. The summed E-state index contributed by atoms with van der Waals surface area (Å²) < 4.78 is 4.84. The number of oxime groups is 1. The molecule has 3 saturated carbocycles. The molecule has 0 radical (unpaired) electrons. The van der Waals surface area contributed by atoms with Gasteiger partial charge in [0.1, 0.15) is 17.5 Å². The second kappa shape index (κ2) is 10.7. The number of carbonyl (C=O) groups is 2. The van der Waals surface area contributed by atoms with Gasteiger partial charge in [0.2, 0.25) is 0 Å². The number of nitrogens with zero attached hydrogens (tertiary/aromatic N) is 1. The number of nitrogens with one attached hydrogen (secondary N) is 1. The van der Waals surface area contributed by atoms with Crippen molar-refractivity contribution in [3.63, 3.8) is 0 Å². The molecule has 1 amide bonds. The SMILES string of the molecule is COC(=O)[C@H](Cc1ccc(O)cc1)NC(=O)CON=C1C=C[C@@]2(C)C(=C1)CC[C@H]1[C@H]2CC[C@@]2(C)[C@H]1CC[C@]2(C)O. The molecule has 8 heteroatoms. The Morgan fingerprint density at radius 2 is 1.82 bits per heavy atom. The average molecular weight is 551 g/mol. The lowest BCUT2D eigenvalue weighted by atomic mass is 9.47. The number of carbonyl (C=O) groups excluding carboxylic acids is 2. The van der Waals surface area contributed by atoms with E-state index in [2.05, 4.69) is 36.5 Å². The molecule has 3 fully saturated rings. The average Bonchev–Trinajstić information content (AvgIpc) is 3.17. The van der Waals surface area contributed by atoms with Crippen LogP contribution in [0.5, 0.6) is 5.75 Å². The molecular formula is C32H42N2O6. The molecule has 1 aromatic carbocycles. The predicted octanol–water partition coefficient (Wildman–Crippen LogP) is 4.45. The summed E-state index contributed by atoms with van der Waals surface area (Å²) in [6, 6.07) is 5.55. The molecule has 0 unspecified atom stereocenters. The van der Waals surface area contributed by atoms with E-state index in [1.54, 1.807) is 12.1 Å². The lowest BCUT2D eigenvalue weighted by Gasteiger charge is -2.58. The van der Waals surface area contributed by atoms with Gasteiger partial charge in [-0.2, -0.15) is 0 Å². The molecular weight excluding hydrogens is 508 g/mol. The highest BCUT2D eigenvalue weighted by atomic mass is 16.6. The second-order valence-corrected chi connectivity index (χ2v) is 12.8. The summed E-state index contributed by atoms with van der Waals surface area (Å²) in [6.45, 7) is 6.36. The first-order valence-corrected chi connectivity index (χ1v) is 14.4. The van der Waals surface area contributed by atoms with Crippen LogP contribution in [0.3, 0.4) is 0 Å². The Bertz CT molecular complexity index is 1230. The fourth-order valence-corrected chi connectivity index (χ4v) is 8.11. The molecule has 0 spiro atoms. The van der Waals surface area contributed by atoms with Crippen LogP contribution in [-0.4, -0.2) is 53.2 Å². The van der Waals surface area contributed by atoms with Crippen molar-refractivity contribution < 1.29 is 29.4 Å². The standard InChI is InChI=1S/C32H42N2O6/c1-30-14-11-22(18-21(30)7-10-24-25(30)12-15-31(2)26(24)13-16-32(31,3)38)34-40-19-28(36)33-27(29(37)39-4)17-20-5-8-23(35)9-6-20/h5-6,8-9,11,14,18,24-27,35,38H,7,10,12-13,15-17,19H2,1-4H3,(H,33,36)/t24-,25+,26-,27-,30-,31-,32-/m0/s1. The van der Waals surface area contributed by atoms with Crippen LogP contribution in [0.4, 0.5) is 0 Å². The molecule has 216 valence electrons. The lowest BCUT2D eigenvalue weighted by molar-refractivity contribution is -0.145. The van der Waals surface area contributed by atoms with Gasteiger partial charge in [0.05, 0.1) is 12.7 Å². The Labute approximate surface area is 236 Å². The van der Waals surface area contributed by atoms with Crippen LogP contribution < -0.4 is 5.32 Å². The molecule has 40 heavy (non-hydrogen) atoms. The van der Waals surface area contributed by atoms with E-state index in [-0.39, 0.29) is 29.6 Å². The molecule has 1 aromatic rings. The van der Waals surface area contributed by atoms with E-state index in [0.29, 0.717) is 23.5 Å². The molecule has 0 aliphatic heterocycles. The molecule has 0 aromatic heterocycles. The van der Waals surface area contributed by atoms with Gasteiger partial charge < -0.3 is 25.1 Å². The van der Waals surface area contributed by atoms with Crippen LogP contribution in [0.15, 0.2) is 53.2 Å². The molecule has 0 saturated heterocycles. The smallest absolute Gasteiger partial charge is 0.328 e. The van der Waals surface area contributed by atoms with Gasteiger partial charge in [0.25, 0.3) is 5.91 Å². The minimum Gasteiger partial charge on any atom is -0.508 e. The number of hydrogen-bond donors (Lipinski definition) is 3. The van der Waals surface area contributed by atoms with Gasteiger partial charge in [-0.3, -0.25) is 4.79 Å². The third-order valence-corrected chi connectivity index (χ3v) is 10.7. The van der Waals surface area contributed by atoms with E-state index in [4.69, 9.17) is 9.57 Å². The number of aromatic hydroxyl groups is 1. The number of phenols is 1. The number of methoxy groups -OCH3 is 1. The number of amides is 1. The number of fused-ring (bicyclic) bond motifs is 5. The molecule has 4 aliphatic carbocycles. The van der Waals surface area contributed by atoms with E-state index >= 15 is 0 Å². The molecule has 4 aliphatic rings. The maximum absolute atomic E-state index is 12.6. The Morgan fingerprint density at radius 1 is 1.10 bits per heavy atom. The zero-order valence-electron chi connectivity index (χ0n) is 24.0. The Balaban J connectivity index is 1.19. The Morgan fingerprint density at radius 3 is 2.55 bits per heavy atom. The highest BCUT2D eigenvalue weighted by Gasteiger charge is 2.62. The van der Waals surface area contributed by atoms with Crippen LogP contribution in [0.2, 0.25) is 0 Å². The number of aliphatic hydroxyl groups is 1. The first-order valence-electron chi connectivity index (χ1n) is 14.4. The summed E-state index contributed by atoms with van der Waals surface area (Å²) >= 11 is 0. The fraction of sp³-hybridized carbons (Fsp3) is 0.594. The van der Waals surface area contributed by atoms with Crippen LogP contribution in [0.1, 0.15) is 64.9 Å².